The largest absolute Gasteiger partial charge is 0.464 e. The number of ether oxygens (including phenoxy) is 1. The average molecular weight is 434 g/mol. The first-order valence-electron chi connectivity index (χ1n) is 9.21. The lowest BCUT2D eigenvalue weighted by molar-refractivity contribution is 0.0593. The van der Waals surface area contributed by atoms with Crippen molar-refractivity contribution in [1.82, 2.24) is 8.54 Å². The van der Waals surface area contributed by atoms with E-state index in [0.717, 1.165) is 5.56 Å². The number of hydrogen-bond acceptors (Lipinski definition) is 6. The molecule has 8 nitrogen and oxygen atoms in total. The van der Waals surface area contributed by atoms with Gasteiger partial charge < -0.3 is 15.0 Å². The van der Waals surface area contributed by atoms with Crippen LogP contribution in [0.4, 0.5) is 5.69 Å². The molecule has 2 aromatic heterocycles. The summed E-state index contributed by atoms with van der Waals surface area (Å²) >= 11 is 0. The summed E-state index contributed by atoms with van der Waals surface area (Å²) in [5.41, 5.74) is 8.12. The minimum atomic E-state index is -3.78. The van der Waals surface area contributed by atoms with Crippen molar-refractivity contribution in [3.63, 3.8) is 0 Å². The Morgan fingerprint density at radius 1 is 1.13 bits per heavy atom. The molecule has 2 heterocycles. The Bertz CT molecular complexity index is 1470. The summed E-state index contributed by atoms with van der Waals surface area (Å²) in [5, 5.41) is 9.92. The topological polar surface area (TPSA) is 120 Å². The zero-order valence-corrected chi connectivity index (χ0v) is 17.6. The molecule has 0 aliphatic rings. The summed E-state index contributed by atoms with van der Waals surface area (Å²) in [7, 11) is -2.55. The Kier molecular flexibility index (Phi) is 4.79. The van der Waals surface area contributed by atoms with E-state index in [9.17, 15) is 18.5 Å². The minimum Gasteiger partial charge on any atom is -0.464 e. The van der Waals surface area contributed by atoms with Crippen molar-refractivity contribution in [1.29, 1.82) is 5.26 Å². The van der Waals surface area contributed by atoms with Crippen LogP contribution in [0.1, 0.15) is 21.6 Å². The standard InChI is InChI=1S/C22H18N4O4S/c1-14-3-6-18(7-4-14)31(28,29)26-10-9-15-11-17(5-8-19(15)26)25-13-16(12-23)20(24)21(25)22(27)30-2/h3-11,13H,24H2,1-2H3. The lowest BCUT2D eigenvalue weighted by Gasteiger charge is -2.10. The van der Waals surface area contributed by atoms with Crippen LogP contribution in [0.5, 0.6) is 0 Å². The number of nitriles is 1. The number of nitrogens with zero attached hydrogens (tertiary/aromatic N) is 3. The molecule has 0 amide bonds. The highest BCUT2D eigenvalue weighted by atomic mass is 32.2. The highest BCUT2D eigenvalue weighted by Crippen LogP contribution is 2.28. The van der Waals surface area contributed by atoms with Gasteiger partial charge in [0.15, 0.2) is 5.69 Å². The maximum Gasteiger partial charge on any atom is 0.357 e. The summed E-state index contributed by atoms with van der Waals surface area (Å²) in [4.78, 5) is 12.4. The fourth-order valence-corrected chi connectivity index (χ4v) is 4.76. The molecule has 0 aliphatic carbocycles. The molecule has 0 bridgehead atoms. The van der Waals surface area contributed by atoms with Crippen molar-refractivity contribution in [2.24, 2.45) is 0 Å². The number of benzene rings is 2. The van der Waals surface area contributed by atoms with Crippen LogP contribution in [0.2, 0.25) is 0 Å². The molecule has 0 saturated heterocycles. The highest BCUT2D eigenvalue weighted by molar-refractivity contribution is 7.90. The molecule has 0 radical (unpaired) electrons. The second kappa shape index (κ2) is 7.34. The van der Waals surface area contributed by atoms with Crippen LogP contribution in [-0.4, -0.2) is 30.0 Å². The fourth-order valence-electron chi connectivity index (χ4n) is 3.41. The second-order valence-electron chi connectivity index (χ2n) is 6.95. The van der Waals surface area contributed by atoms with Gasteiger partial charge in [-0.3, -0.25) is 0 Å². The molecule has 0 aliphatic heterocycles. The van der Waals surface area contributed by atoms with Crippen molar-refractivity contribution in [2.45, 2.75) is 11.8 Å². The number of nitrogen functional groups attached to an aromatic ring is 1. The normalized spacial score (nSPS) is 11.4. The lowest BCUT2D eigenvalue weighted by atomic mass is 10.2. The number of anilines is 1. The quantitative estimate of drug-likeness (QED) is 0.493. The van der Waals surface area contributed by atoms with E-state index in [1.54, 1.807) is 48.5 Å². The van der Waals surface area contributed by atoms with Crippen molar-refractivity contribution in [2.75, 3.05) is 12.8 Å². The number of rotatable bonds is 4. The van der Waals surface area contributed by atoms with Gasteiger partial charge in [-0.2, -0.15) is 5.26 Å². The van der Waals surface area contributed by atoms with E-state index >= 15 is 0 Å². The molecule has 0 saturated carbocycles. The molecule has 2 N–H and O–H groups in total. The minimum absolute atomic E-state index is 0.0222. The molecular weight excluding hydrogens is 416 g/mol. The summed E-state index contributed by atoms with van der Waals surface area (Å²) in [6, 6.07) is 15.2. The Morgan fingerprint density at radius 2 is 1.84 bits per heavy atom. The summed E-state index contributed by atoms with van der Waals surface area (Å²) in [5.74, 6) is -0.682. The zero-order chi connectivity index (χ0) is 22.3. The highest BCUT2D eigenvalue weighted by Gasteiger charge is 2.23. The van der Waals surface area contributed by atoms with Crippen LogP contribution < -0.4 is 5.73 Å². The zero-order valence-electron chi connectivity index (χ0n) is 16.7. The van der Waals surface area contributed by atoms with Crippen LogP contribution in [0, 0.1) is 18.3 Å². The molecule has 156 valence electrons. The molecular formula is C22H18N4O4S. The molecule has 4 aromatic rings. The number of hydrogen-bond donors (Lipinski definition) is 1. The SMILES string of the molecule is COC(=O)c1c(N)c(C#N)cn1-c1ccc2c(ccn2S(=O)(=O)c2ccc(C)cc2)c1. The number of carbonyl (C=O) groups excluding carboxylic acids is 1. The van der Waals surface area contributed by atoms with E-state index < -0.39 is 16.0 Å². The Labute approximate surface area is 178 Å². The van der Waals surface area contributed by atoms with Gasteiger partial charge in [-0.15, -0.1) is 0 Å². The van der Waals surface area contributed by atoms with Gasteiger partial charge in [-0.1, -0.05) is 17.7 Å². The van der Waals surface area contributed by atoms with Gasteiger partial charge in [0.2, 0.25) is 0 Å². The molecule has 0 spiro atoms. The van der Waals surface area contributed by atoms with E-state index in [1.165, 1.54) is 28.0 Å². The van der Waals surface area contributed by atoms with E-state index in [-0.39, 0.29) is 21.8 Å². The molecule has 0 fully saturated rings. The van der Waals surface area contributed by atoms with Gasteiger partial charge in [-0.25, -0.2) is 17.2 Å². The third kappa shape index (κ3) is 3.23. The van der Waals surface area contributed by atoms with Crippen molar-refractivity contribution in [3.05, 3.63) is 77.7 Å². The monoisotopic (exact) mass is 434 g/mol. The number of carbonyl (C=O) groups is 1. The van der Waals surface area contributed by atoms with E-state index in [0.29, 0.717) is 16.6 Å². The predicted molar refractivity (Wildman–Crippen MR) is 115 cm³/mol. The third-order valence-corrected chi connectivity index (χ3v) is 6.74. The number of aromatic nitrogens is 2. The molecule has 9 heteroatoms. The van der Waals surface area contributed by atoms with Crippen LogP contribution >= 0.6 is 0 Å². The number of nitrogens with two attached hydrogens (primary N) is 1. The Morgan fingerprint density at radius 3 is 2.48 bits per heavy atom. The van der Waals surface area contributed by atoms with Crippen LogP contribution in [0.3, 0.4) is 0 Å². The second-order valence-corrected chi connectivity index (χ2v) is 8.77. The van der Waals surface area contributed by atoms with Crippen LogP contribution in [-0.2, 0) is 14.8 Å². The van der Waals surface area contributed by atoms with Crippen molar-refractivity contribution < 1.29 is 17.9 Å². The molecule has 2 aromatic carbocycles. The van der Waals surface area contributed by atoms with Gasteiger partial charge in [0.1, 0.15) is 6.07 Å². The van der Waals surface area contributed by atoms with E-state index in [2.05, 4.69) is 0 Å². The summed E-state index contributed by atoms with van der Waals surface area (Å²) < 4.78 is 33.6. The predicted octanol–water partition coefficient (Wildman–Crippen LogP) is 3.22. The van der Waals surface area contributed by atoms with Gasteiger partial charge in [-0.05, 0) is 43.3 Å². The van der Waals surface area contributed by atoms with Gasteiger partial charge in [0.25, 0.3) is 10.0 Å². The molecule has 0 unspecified atom stereocenters. The van der Waals surface area contributed by atoms with Gasteiger partial charge in [0, 0.05) is 23.5 Å². The van der Waals surface area contributed by atoms with Gasteiger partial charge >= 0.3 is 5.97 Å². The number of fused-ring (bicyclic) bond motifs is 1. The number of methoxy groups -OCH3 is 1. The molecule has 4 rings (SSSR count). The first kappa shape index (κ1) is 20.3. The number of esters is 1. The van der Waals surface area contributed by atoms with E-state index in [4.69, 9.17) is 10.5 Å². The third-order valence-electron chi connectivity index (χ3n) is 5.04. The summed E-state index contributed by atoms with van der Waals surface area (Å²) in [6.45, 7) is 1.89. The van der Waals surface area contributed by atoms with Crippen molar-refractivity contribution >= 4 is 32.6 Å². The van der Waals surface area contributed by atoms with Crippen LogP contribution in [0.25, 0.3) is 16.6 Å². The maximum atomic E-state index is 13.1. The maximum absolute atomic E-state index is 13.1. The smallest absolute Gasteiger partial charge is 0.357 e. The average Bonchev–Trinajstić information content (AvgIpc) is 3.34. The lowest BCUT2D eigenvalue weighted by Crippen LogP contribution is -2.12. The first-order valence-corrected chi connectivity index (χ1v) is 10.6. The molecule has 31 heavy (non-hydrogen) atoms. The first-order chi connectivity index (χ1) is 14.8. The van der Waals surface area contributed by atoms with Crippen LogP contribution in [0.15, 0.2) is 65.8 Å². The summed E-state index contributed by atoms with van der Waals surface area (Å²) in [6.07, 6.45) is 2.93. The van der Waals surface area contributed by atoms with Gasteiger partial charge in [0.05, 0.1) is 28.8 Å². The number of aryl methyl sites for hydroxylation is 1. The Balaban J connectivity index is 1.85. The Hall–Kier alpha value is -4.03. The fraction of sp³-hybridized carbons (Fsp3) is 0.0909. The van der Waals surface area contributed by atoms with E-state index in [1.807, 2.05) is 13.0 Å². The van der Waals surface area contributed by atoms with Crippen molar-refractivity contribution in [3.8, 4) is 11.8 Å². The molecule has 0 atom stereocenters.